The summed E-state index contributed by atoms with van der Waals surface area (Å²) < 4.78 is 38.3. The molecule has 1 aromatic heterocycles. The lowest BCUT2D eigenvalue weighted by atomic mass is 9.94. The maximum Gasteiger partial charge on any atom is 0.322 e. The van der Waals surface area contributed by atoms with Gasteiger partial charge in [0, 0.05) is 24.2 Å². The normalized spacial score (nSPS) is 19.2. The van der Waals surface area contributed by atoms with Gasteiger partial charge in [0.2, 0.25) is 15.9 Å². The van der Waals surface area contributed by atoms with Crippen LogP contribution >= 0.6 is 0 Å². The van der Waals surface area contributed by atoms with Crippen LogP contribution in [0.1, 0.15) is 30.6 Å². The highest BCUT2D eigenvalue weighted by Gasteiger charge is 2.31. The van der Waals surface area contributed by atoms with Gasteiger partial charge in [-0.1, -0.05) is 25.0 Å². The van der Waals surface area contributed by atoms with Crippen LogP contribution in [0.25, 0.3) is 11.5 Å². The minimum absolute atomic E-state index is 0.0641. The monoisotopic (exact) mass is 470 g/mol. The van der Waals surface area contributed by atoms with Crippen molar-refractivity contribution in [1.29, 1.82) is 0 Å². The van der Waals surface area contributed by atoms with Gasteiger partial charge in [0.15, 0.2) is 0 Å². The van der Waals surface area contributed by atoms with Crippen molar-refractivity contribution in [2.24, 2.45) is 11.8 Å². The Kier molecular flexibility index (Phi) is 6.48. The summed E-state index contributed by atoms with van der Waals surface area (Å²) in [5.74, 6) is 1.00. The topological polar surface area (TPSA) is 115 Å². The van der Waals surface area contributed by atoms with Gasteiger partial charge in [-0.25, -0.2) is 8.42 Å². The van der Waals surface area contributed by atoms with E-state index in [9.17, 15) is 13.2 Å². The van der Waals surface area contributed by atoms with E-state index < -0.39 is 15.9 Å². The average Bonchev–Trinajstić information content (AvgIpc) is 3.27. The number of nitrogens with zero attached hydrogens (tertiary/aromatic N) is 3. The van der Waals surface area contributed by atoms with Crippen LogP contribution in [0.4, 0.5) is 6.01 Å². The minimum Gasteiger partial charge on any atom is -0.497 e. The number of carbonyl (C=O) groups is 1. The number of sulfonamides is 1. The predicted octanol–water partition coefficient (Wildman–Crippen LogP) is 3.66. The van der Waals surface area contributed by atoms with Crippen molar-refractivity contribution in [2.75, 3.05) is 25.5 Å². The molecule has 10 heteroatoms. The first-order valence-electron chi connectivity index (χ1n) is 10.7. The van der Waals surface area contributed by atoms with Crippen LogP contribution in [0, 0.1) is 11.8 Å². The van der Waals surface area contributed by atoms with Crippen molar-refractivity contribution in [3.8, 4) is 17.2 Å². The molecular formula is C23H26N4O5S. The molecule has 1 saturated heterocycles. The fourth-order valence-corrected chi connectivity index (χ4v) is 5.72. The molecule has 33 heavy (non-hydrogen) atoms. The molecule has 1 N–H and O–H groups in total. The molecule has 0 bridgehead atoms. The highest BCUT2D eigenvalue weighted by atomic mass is 32.2. The Morgan fingerprint density at radius 1 is 1.09 bits per heavy atom. The summed E-state index contributed by atoms with van der Waals surface area (Å²) in [7, 11) is -2.05. The molecule has 0 saturated carbocycles. The number of piperidine rings is 1. The molecule has 1 aliphatic heterocycles. The van der Waals surface area contributed by atoms with Crippen LogP contribution in [0.15, 0.2) is 57.8 Å². The Bertz CT molecular complexity index is 1230. The van der Waals surface area contributed by atoms with E-state index in [-0.39, 0.29) is 22.4 Å². The zero-order valence-corrected chi connectivity index (χ0v) is 19.5. The van der Waals surface area contributed by atoms with Gasteiger partial charge in [-0.3, -0.25) is 10.1 Å². The van der Waals surface area contributed by atoms with Crippen molar-refractivity contribution in [1.82, 2.24) is 14.5 Å². The third-order valence-electron chi connectivity index (χ3n) is 5.55. The first kappa shape index (κ1) is 22.9. The number of anilines is 1. The van der Waals surface area contributed by atoms with Crippen molar-refractivity contribution >= 4 is 21.9 Å². The maximum atomic E-state index is 13.0. The molecule has 174 valence electrons. The first-order valence-corrected chi connectivity index (χ1v) is 12.1. The fraction of sp³-hybridized carbons (Fsp3) is 0.348. The molecule has 1 fully saturated rings. The van der Waals surface area contributed by atoms with Crippen molar-refractivity contribution < 1.29 is 22.4 Å². The second kappa shape index (κ2) is 9.32. The van der Waals surface area contributed by atoms with Crippen LogP contribution in [0.3, 0.4) is 0 Å². The molecule has 1 amide bonds. The Hall–Kier alpha value is -3.24. The number of ether oxygens (including phenoxy) is 1. The second-order valence-corrected chi connectivity index (χ2v) is 10.3. The number of nitrogens with one attached hydrogen (secondary N) is 1. The molecule has 3 aromatic rings. The lowest BCUT2D eigenvalue weighted by Crippen LogP contribution is -2.42. The minimum atomic E-state index is -3.61. The maximum absolute atomic E-state index is 13.0. The molecule has 2 atom stereocenters. The molecule has 2 aromatic carbocycles. The van der Waals surface area contributed by atoms with E-state index in [1.165, 1.54) is 28.6 Å². The lowest BCUT2D eigenvalue weighted by molar-refractivity contribution is 0.102. The molecule has 1 aliphatic rings. The van der Waals surface area contributed by atoms with Crippen LogP contribution in [-0.4, -0.2) is 49.0 Å². The highest BCUT2D eigenvalue weighted by molar-refractivity contribution is 7.89. The van der Waals surface area contributed by atoms with E-state index in [4.69, 9.17) is 9.15 Å². The number of benzene rings is 2. The van der Waals surface area contributed by atoms with Crippen LogP contribution in [0.5, 0.6) is 5.75 Å². The van der Waals surface area contributed by atoms with E-state index in [1.54, 1.807) is 31.4 Å². The number of carbonyl (C=O) groups excluding carboxylic acids is 1. The molecule has 2 unspecified atom stereocenters. The van der Waals surface area contributed by atoms with Gasteiger partial charge in [-0.05, 0) is 60.7 Å². The molecule has 0 aliphatic carbocycles. The summed E-state index contributed by atoms with van der Waals surface area (Å²) in [5, 5.41) is 10.3. The van der Waals surface area contributed by atoms with Crippen LogP contribution in [0.2, 0.25) is 0 Å². The van der Waals surface area contributed by atoms with Gasteiger partial charge in [-0.2, -0.15) is 4.31 Å². The van der Waals surface area contributed by atoms with Gasteiger partial charge in [0.05, 0.1) is 12.0 Å². The van der Waals surface area contributed by atoms with Gasteiger partial charge < -0.3 is 9.15 Å². The van der Waals surface area contributed by atoms with E-state index in [0.717, 1.165) is 6.42 Å². The number of aromatic nitrogens is 2. The number of amides is 1. The smallest absolute Gasteiger partial charge is 0.322 e. The fourth-order valence-electron chi connectivity index (χ4n) is 4.05. The van der Waals surface area contributed by atoms with Gasteiger partial charge in [0.25, 0.3) is 5.91 Å². The van der Waals surface area contributed by atoms with Gasteiger partial charge in [0.1, 0.15) is 5.75 Å². The Morgan fingerprint density at radius 3 is 2.45 bits per heavy atom. The van der Waals surface area contributed by atoms with E-state index in [1.807, 2.05) is 0 Å². The van der Waals surface area contributed by atoms with E-state index in [2.05, 4.69) is 29.4 Å². The van der Waals surface area contributed by atoms with Gasteiger partial charge in [-0.15, -0.1) is 5.10 Å². The van der Waals surface area contributed by atoms with Gasteiger partial charge >= 0.3 is 6.01 Å². The molecule has 4 rings (SSSR count). The predicted molar refractivity (Wildman–Crippen MR) is 122 cm³/mol. The zero-order chi connectivity index (χ0) is 23.6. The largest absolute Gasteiger partial charge is 0.497 e. The van der Waals surface area contributed by atoms with Crippen molar-refractivity contribution in [3.05, 3.63) is 54.1 Å². The zero-order valence-electron chi connectivity index (χ0n) is 18.7. The number of hydrogen-bond acceptors (Lipinski definition) is 7. The first-order chi connectivity index (χ1) is 15.8. The Balaban J connectivity index is 1.45. The molecule has 0 radical (unpaired) electrons. The summed E-state index contributed by atoms with van der Waals surface area (Å²) >= 11 is 0. The summed E-state index contributed by atoms with van der Waals surface area (Å²) in [5.41, 5.74) is 0.925. The van der Waals surface area contributed by atoms with E-state index >= 15 is 0 Å². The van der Waals surface area contributed by atoms with E-state index in [0.29, 0.717) is 36.2 Å². The molecular weight excluding hydrogens is 444 g/mol. The lowest BCUT2D eigenvalue weighted by Gasteiger charge is -2.34. The number of hydrogen-bond donors (Lipinski definition) is 1. The Labute approximate surface area is 192 Å². The summed E-state index contributed by atoms with van der Waals surface area (Å²) in [4.78, 5) is 12.8. The quantitative estimate of drug-likeness (QED) is 0.585. The third-order valence-corrected chi connectivity index (χ3v) is 7.40. The number of rotatable bonds is 6. The second-order valence-electron chi connectivity index (χ2n) is 8.39. The summed E-state index contributed by atoms with van der Waals surface area (Å²) in [6.07, 6.45) is 1.01. The molecule has 2 heterocycles. The van der Waals surface area contributed by atoms with Crippen LogP contribution in [-0.2, 0) is 10.0 Å². The average molecular weight is 471 g/mol. The highest BCUT2D eigenvalue weighted by Crippen LogP contribution is 2.27. The van der Waals surface area contributed by atoms with Crippen LogP contribution < -0.4 is 10.1 Å². The summed E-state index contributed by atoms with van der Waals surface area (Å²) in [6.45, 7) is 5.12. The standard InChI is InChI=1S/C23H26N4O5S/c1-15-11-16(2)14-27(13-15)33(29,30)20-9-7-17(8-10-20)21(28)24-23-26-25-22(32-23)18-5-4-6-19(12-18)31-3/h4-10,12,15-16H,11,13-14H2,1-3H3,(H,24,26,28). The number of methoxy groups -OCH3 is 1. The van der Waals surface area contributed by atoms with Crippen molar-refractivity contribution in [2.45, 2.75) is 25.2 Å². The van der Waals surface area contributed by atoms with Crippen molar-refractivity contribution in [3.63, 3.8) is 0 Å². The third kappa shape index (κ3) is 5.07. The Morgan fingerprint density at radius 2 is 1.79 bits per heavy atom. The molecule has 9 nitrogen and oxygen atoms in total. The SMILES string of the molecule is COc1cccc(-c2nnc(NC(=O)c3ccc(S(=O)(=O)N4CC(C)CC(C)C4)cc3)o2)c1. The summed E-state index contributed by atoms with van der Waals surface area (Å²) in [6, 6.07) is 12.9. The molecule has 0 spiro atoms.